The molecule has 3 nitrogen and oxygen atoms in total. The van der Waals surface area contributed by atoms with Gasteiger partial charge in [0, 0.05) is 24.9 Å². The van der Waals surface area contributed by atoms with Crippen molar-refractivity contribution < 1.29 is 15.0 Å². The summed E-state index contributed by atoms with van der Waals surface area (Å²) in [7, 11) is 0. The molecule has 110 valence electrons. The molecule has 0 saturated carbocycles. The summed E-state index contributed by atoms with van der Waals surface area (Å²) < 4.78 is 0. The number of fused-ring (bicyclic) bond motifs is 1. The van der Waals surface area contributed by atoms with Crippen molar-refractivity contribution in [2.45, 2.75) is 51.6 Å². The van der Waals surface area contributed by atoms with E-state index in [1.807, 2.05) is 19.9 Å². The van der Waals surface area contributed by atoms with Gasteiger partial charge in [0.1, 0.15) is 5.78 Å². The Morgan fingerprint density at radius 1 is 1.20 bits per heavy atom. The molecule has 2 N–H and O–H groups in total. The van der Waals surface area contributed by atoms with E-state index < -0.39 is 6.10 Å². The molecule has 4 unspecified atom stereocenters. The normalized spacial score (nSPS) is 30.6. The minimum Gasteiger partial charge on any atom is -0.396 e. The summed E-state index contributed by atoms with van der Waals surface area (Å²) in [4.78, 5) is 12.3. The molecule has 0 amide bonds. The van der Waals surface area contributed by atoms with Gasteiger partial charge in [-0.3, -0.25) is 4.79 Å². The van der Waals surface area contributed by atoms with Crippen LogP contribution in [0.2, 0.25) is 0 Å². The molecule has 20 heavy (non-hydrogen) atoms. The number of ketones is 1. The Hall–Kier alpha value is -1.19. The van der Waals surface area contributed by atoms with Crippen LogP contribution in [0.5, 0.6) is 0 Å². The maximum atomic E-state index is 12.3. The van der Waals surface area contributed by atoms with E-state index in [9.17, 15) is 15.0 Å². The molecule has 0 fully saturated rings. The van der Waals surface area contributed by atoms with E-state index in [0.717, 1.165) is 16.7 Å². The summed E-state index contributed by atoms with van der Waals surface area (Å²) in [6, 6.07) is 6.21. The highest BCUT2D eigenvalue weighted by Crippen LogP contribution is 2.38. The fourth-order valence-electron chi connectivity index (χ4n) is 3.22. The summed E-state index contributed by atoms with van der Waals surface area (Å²) in [5.41, 5.74) is 3.38. The zero-order valence-corrected chi connectivity index (χ0v) is 12.5. The molecule has 0 aromatic heterocycles. The summed E-state index contributed by atoms with van der Waals surface area (Å²) in [5.74, 6) is -0.263. The molecule has 0 radical (unpaired) electrons. The van der Waals surface area contributed by atoms with Gasteiger partial charge in [-0.1, -0.05) is 37.6 Å². The SMILES string of the molecule is Cc1ccc2c(c1)C(CCO)CC(=O)C(C)C(O)C2C. The first kappa shape index (κ1) is 15.2. The van der Waals surface area contributed by atoms with Crippen LogP contribution in [-0.4, -0.2) is 28.7 Å². The standard InChI is InChI=1S/C17H24O3/c1-10-4-5-14-11(2)17(20)12(3)16(19)9-13(6-7-18)15(14)8-10/h4-5,8,11-13,17-18,20H,6-7,9H2,1-3H3. The van der Waals surface area contributed by atoms with E-state index in [2.05, 4.69) is 12.1 Å². The highest BCUT2D eigenvalue weighted by molar-refractivity contribution is 5.82. The average Bonchev–Trinajstić information content (AvgIpc) is 2.43. The quantitative estimate of drug-likeness (QED) is 0.872. The topological polar surface area (TPSA) is 57.5 Å². The predicted molar refractivity (Wildman–Crippen MR) is 78.8 cm³/mol. The van der Waals surface area contributed by atoms with E-state index in [0.29, 0.717) is 12.8 Å². The maximum absolute atomic E-state index is 12.3. The molecule has 0 saturated heterocycles. The fourth-order valence-corrected chi connectivity index (χ4v) is 3.22. The molecule has 0 spiro atoms. The number of benzene rings is 1. The van der Waals surface area contributed by atoms with Gasteiger partial charge in [-0.2, -0.15) is 0 Å². The number of carbonyl (C=O) groups excluding carboxylic acids is 1. The van der Waals surface area contributed by atoms with Crippen molar-refractivity contribution in [3.63, 3.8) is 0 Å². The van der Waals surface area contributed by atoms with Crippen molar-refractivity contribution >= 4 is 5.78 Å². The summed E-state index contributed by atoms with van der Waals surface area (Å²) in [6.45, 7) is 5.89. The van der Waals surface area contributed by atoms with E-state index >= 15 is 0 Å². The van der Waals surface area contributed by atoms with Gasteiger partial charge in [-0.15, -0.1) is 0 Å². The molecule has 0 bridgehead atoms. The molecule has 0 aliphatic heterocycles. The Labute approximate surface area is 120 Å². The highest BCUT2D eigenvalue weighted by atomic mass is 16.3. The summed E-state index contributed by atoms with van der Waals surface area (Å²) in [6.07, 6.45) is 0.360. The first-order chi connectivity index (χ1) is 9.45. The zero-order chi connectivity index (χ0) is 14.9. The average molecular weight is 276 g/mol. The van der Waals surface area contributed by atoms with Crippen LogP contribution >= 0.6 is 0 Å². The number of aliphatic hydroxyl groups excluding tert-OH is 2. The first-order valence-electron chi connectivity index (χ1n) is 7.37. The predicted octanol–water partition coefficient (Wildman–Crippen LogP) is 2.53. The van der Waals surface area contributed by atoms with Gasteiger partial charge in [0.2, 0.25) is 0 Å². The molecular formula is C17H24O3. The second-order valence-electron chi connectivity index (χ2n) is 6.08. The number of hydrogen-bond donors (Lipinski definition) is 2. The third-order valence-corrected chi connectivity index (χ3v) is 4.63. The number of rotatable bonds is 2. The Balaban J connectivity index is 2.53. The molecule has 2 rings (SSSR count). The van der Waals surface area contributed by atoms with Crippen molar-refractivity contribution in [1.82, 2.24) is 0 Å². The van der Waals surface area contributed by atoms with Crippen LogP contribution in [0.3, 0.4) is 0 Å². The van der Waals surface area contributed by atoms with Crippen LogP contribution < -0.4 is 0 Å². The van der Waals surface area contributed by atoms with E-state index in [1.165, 1.54) is 0 Å². The van der Waals surface area contributed by atoms with Crippen molar-refractivity contribution in [3.05, 3.63) is 34.9 Å². The molecule has 1 aliphatic rings. The smallest absolute Gasteiger partial charge is 0.138 e. The van der Waals surface area contributed by atoms with Gasteiger partial charge in [0.25, 0.3) is 0 Å². The Morgan fingerprint density at radius 2 is 1.90 bits per heavy atom. The van der Waals surface area contributed by atoms with Gasteiger partial charge in [-0.25, -0.2) is 0 Å². The van der Waals surface area contributed by atoms with E-state index in [1.54, 1.807) is 6.92 Å². The van der Waals surface area contributed by atoms with E-state index in [4.69, 9.17) is 0 Å². The zero-order valence-electron chi connectivity index (χ0n) is 12.5. The van der Waals surface area contributed by atoms with E-state index in [-0.39, 0.29) is 30.1 Å². The fraction of sp³-hybridized carbons (Fsp3) is 0.588. The van der Waals surface area contributed by atoms with Crippen molar-refractivity contribution in [3.8, 4) is 0 Å². The molecule has 3 heteroatoms. The molecule has 0 heterocycles. The van der Waals surface area contributed by atoms with Gasteiger partial charge >= 0.3 is 0 Å². The number of hydrogen-bond acceptors (Lipinski definition) is 3. The summed E-state index contributed by atoms with van der Waals surface area (Å²) in [5, 5.41) is 19.7. The van der Waals surface area contributed by atoms with Crippen LogP contribution in [0, 0.1) is 12.8 Å². The van der Waals surface area contributed by atoms with Crippen LogP contribution in [-0.2, 0) is 4.79 Å². The van der Waals surface area contributed by atoms with Crippen molar-refractivity contribution in [1.29, 1.82) is 0 Å². The molecule has 1 aliphatic carbocycles. The van der Waals surface area contributed by atoms with Crippen LogP contribution in [0.25, 0.3) is 0 Å². The van der Waals surface area contributed by atoms with Gasteiger partial charge in [-0.05, 0) is 30.4 Å². The second-order valence-corrected chi connectivity index (χ2v) is 6.08. The Bertz CT molecular complexity index is 495. The third kappa shape index (κ3) is 2.79. The first-order valence-corrected chi connectivity index (χ1v) is 7.37. The lowest BCUT2D eigenvalue weighted by molar-refractivity contribution is -0.126. The van der Waals surface area contributed by atoms with Gasteiger partial charge in [0.15, 0.2) is 0 Å². The number of aliphatic hydroxyl groups is 2. The molecular weight excluding hydrogens is 252 g/mol. The Morgan fingerprint density at radius 3 is 2.55 bits per heavy atom. The molecule has 4 atom stereocenters. The second kappa shape index (κ2) is 6.06. The largest absolute Gasteiger partial charge is 0.396 e. The van der Waals surface area contributed by atoms with Crippen LogP contribution in [0.15, 0.2) is 18.2 Å². The molecule has 1 aromatic rings. The minimum absolute atomic E-state index is 0.0554. The van der Waals surface area contributed by atoms with Crippen LogP contribution in [0.4, 0.5) is 0 Å². The monoisotopic (exact) mass is 276 g/mol. The lowest BCUT2D eigenvalue weighted by Crippen LogP contribution is -2.34. The minimum atomic E-state index is -0.640. The maximum Gasteiger partial charge on any atom is 0.138 e. The number of carbonyl (C=O) groups is 1. The van der Waals surface area contributed by atoms with Gasteiger partial charge < -0.3 is 10.2 Å². The summed E-state index contributed by atoms with van der Waals surface area (Å²) >= 11 is 0. The number of Topliss-reactive ketones (excluding diaryl/α,β-unsaturated/α-hetero) is 1. The lowest BCUT2D eigenvalue weighted by Gasteiger charge is -2.32. The van der Waals surface area contributed by atoms with Gasteiger partial charge in [0.05, 0.1) is 6.10 Å². The molecule has 1 aromatic carbocycles. The highest BCUT2D eigenvalue weighted by Gasteiger charge is 2.34. The third-order valence-electron chi connectivity index (χ3n) is 4.63. The van der Waals surface area contributed by atoms with Crippen LogP contribution in [0.1, 0.15) is 55.2 Å². The van der Waals surface area contributed by atoms with Crippen molar-refractivity contribution in [2.75, 3.05) is 6.61 Å². The Kier molecular flexibility index (Phi) is 4.61. The lowest BCUT2D eigenvalue weighted by atomic mass is 9.74. The van der Waals surface area contributed by atoms with Crippen molar-refractivity contribution in [2.24, 2.45) is 5.92 Å². The number of aryl methyl sites for hydroxylation is 1.